The topological polar surface area (TPSA) is 66.7 Å². The number of benzene rings is 2. The molecule has 4 heterocycles. The van der Waals surface area contributed by atoms with Crippen molar-refractivity contribution in [1.29, 1.82) is 0 Å². The first-order valence-corrected chi connectivity index (χ1v) is 14.8. The molecule has 2 saturated heterocycles. The lowest BCUT2D eigenvalue weighted by atomic mass is 9.74. The second kappa shape index (κ2) is 11.7. The molecule has 242 valence electrons. The van der Waals surface area contributed by atoms with Crippen LogP contribution in [0.15, 0.2) is 42.7 Å². The minimum atomic E-state index is -4.69. The fourth-order valence-corrected chi connectivity index (χ4v) is 6.67. The lowest BCUT2D eigenvalue weighted by Crippen LogP contribution is -2.53. The number of fused-ring (bicyclic) bond motifs is 1. The van der Waals surface area contributed by atoms with Crippen LogP contribution in [-0.2, 0) is 29.4 Å². The van der Waals surface area contributed by atoms with E-state index in [0.717, 1.165) is 25.5 Å². The Morgan fingerprint density at radius 3 is 2.49 bits per heavy atom. The van der Waals surface area contributed by atoms with Gasteiger partial charge < -0.3 is 14.5 Å². The Balaban J connectivity index is 1.32. The highest BCUT2D eigenvalue weighted by molar-refractivity contribution is 6.10. The maximum atomic E-state index is 15.9. The molecule has 1 aromatic heterocycles. The summed E-state index contributed by atoms with van der Waals surface area (Å²) in [7, 11) is 2.02. The van der Waals surface area contributed by atoms with Crippen molar-refractivity contribution in [2.75, 3.05) is 44.8 Å². The number of anilines is 1. The first kappa shape index (κ1) is 31.5. The number of carbonyl (C=O) groups excluding carboxylic acids is 1. The summed E-state index contributed by atoms with van der Waals surface area (Å²) in [6.45, 7) is 3.06. The second-order valence-electron chi connectivity index (χ2n) is 12.5. The predicted molar refractivity (Wildman–Crippen MR) is 153 cm³/mol. The third-order valence-corrected chi connectivity index (χ3v) is 9.27. The van der Waals surface area contributed by atoms with Gasteiger partial charge in [0, 0.05) is 43.5 Å². The van der Waals surface area contributed by atoms with Crippen LogP contribution in [0.1, 0.15) is 65.0 Å². The number of likely N-dealkylation sites (N-methyl/N-ethyl adjacent to an activating group) is 1. The summed E-state index contributed by atoms with van der Waals surface area (Å²) in [6.07, 6.45) is -5.96. The number of amides is 1. The first-order chi connectivity index (χ1) is 21.3. The highest BCUT2D eigenvalue weighted by Gasteiger charge is 2.51. The number of rotatable bonds is 8. The zero-order valence-electron chi connectivity index (χ0n) is 25.1. The molecule has 6 rings (SSSR count). The second-order valence-corrected chi connectivity index (χ2v) is 12.5. The molecular weight excluding hydrogens is 602 g/mol. The van der Waals surface area contributed by atoms with Crippen LogP contribution in [0.25, 0.3) is 0 Å². The van der Waals surface area contributed by atoms with Crippen LogP contribution in [0.5, 0.6) is 0 Å². The Hall–Kier alpha value is -3.49. The average molecular weight is 637 g/mol. The number of halogens is 6. The Kier molecular flexibility index (Phi) is 8.19. The van der Waals surface area contributed by atoms with E-state index in [4.69, 9.17) is 4.74 Å². The van der Waals surface area contributed by atoms with Gasteiger partial charge in [-0.1, -0.05) is 26.0 Å². The number of carbonyl (C=O) groups is 1. The van der Waals surface area contributed by atoms with Gasteiger partial charge in [-0.05, 0) is 53.9 Å². The van der Waals surface area contributed by atoms with Gasteiger partial charge in [0.1, 0.15) is 6.33 Å². The van der Waals surface area contributed by atoms with Crippen molar-refractivity contribution in [1.82, 2.24) is 24.6 Å². The Bertz CT molecular complexity index is 1570. The van der Waals surface area contributed by atoms with E-state index < -0.39 is 41.6 Å². The highest BCUT2D eigenvalue weighted by Crippen LogP contribution is 2.47. The van der Waals surface area contributed by atoms with Gasteiger partial charge in [0.15, 0.2) is 12.0 Å². The summed E-state index contributed by atoms with van der Waals surface area (Å²) in [5.74, 6) is -0.874. The minimum Gasteiger partial charge on any atom is -0.379 e. The van der Waals surface area contributed by atoms with Gasteiger partial charge in [-0.15, -0.1) is 10.2 Å². The van der Waals surface area contributed by atoms with Crippen LogP contribution in [0.2, 0.25) is 0 Å². The molecule has 0 aliphatic carbocycles. The summed E-state index contributed by atoms with van der Waals surface area (Å²) < 4.78 is 91.8. The largest absolute Gasteiger partial charge is 0.416 e. The molecular formula is C31H34F6N6O2. The van der Waals surface area contributed by atoms with Gasteiger partial charge in [0.25, 0.3) is 5.91 Å². The monoisotopic (exact) mass is 636 g/mol. The molecule has 45 heavy (non-hydrogen) atoms. The van der Waals surface area contributed by atoms with Gasteiger partial charge in [0.2, 0.25) is 0 Å². The van der Waals surface area contributed by atoms with Gasteiger partial charge in [-0.25, -0.2) is 4.39 Å². The molecule has 1 amide bonds. The molecule has 0 radical (unpaired) electrons. The van der Waals surface area contributed by atoms with E-state index in [1.165, 1.54) is 11.0 Å². The molecule has 0 bridgehead atoms. The summed E-state index contributed by atoms with van der Waals surface area (Å²) in [4.78, 5) is 19.4. The van der Waals surface area contributed by atoms with E-state index in [0.29, 0.717) is 22.2 Å². The summed E-state index contributed by atoms with van der Waals surface area (Å²) in [6, 6.07) is 9.06. The van der Waals surface area contributed by atoms with E-state index in [2.05, 4.69) is 33.8 Å². The smallest absolute Gasteiger partial charge is 0.379 e. The summed E-state index contributed by atoms with van der Waals surface area (Å²) in [5, 5.41) is 7.01. The van der Waals surface area contributed by atoms with E-state index in [9.17, 15) is 26.7 Å². The minimum absolute atomic E-state index is 0.0180. The molecule has 2 unspecified atom stereocenters. The van der Waals surface area contributed by atoms with Gasteiger partial charge in [-0.3, -0.25) is 14.3 Å². The number of ether oxygens (including phenoxy) is 1. The fourth-order valence-electron chi connectivity index (χ4n) is 6.67. The van der Waals surface area contributed by atoms with E-state index in [-0.39, 0.29) is 55.1 Å². The molecule has 2 fully saturated rings. The molecule has 0 N–H and O–H groups in total. The van der Waals surface area contributed by atoms with Crippen LogP contribution in [-0.4, -0.2) is 76.4 Å². The quantitative estimate of drug-likeness (QED) is 0.300. The number of hydrogen-bond donors (Lipinski definition) is 0. The van der Waals surface area contributed by atoms with Gasteiger partial charge >= 0.3 is 12.7 Å². The van der Waals surface area contributed by atoms with E-state index in [1.54, 1.807) is 24.3 Å². The average Bonchev–Trinajstić information content (AvgIpc) is 3.58. The van der Waals surface area contributed by atoms with Crippen molar-refractivity contribution in [3.05, 3.63) is 76.4 Å². The van der Waals surface area contributed by atoms with Crippen LogP contribution in [0.3, 0.4) is 0 Å². The number of nitrogens with zero attached hydrogens (tertiary/aromatic N) is 6. The number of alkyl halides is 6. The van der Waals surface area contributed by atoms with Crippen LogP contribution < -0.4 is 4.90 Å². The Labute approximate surface area is 256 Å². The van der Waals surface area contributed by atoms with E-state index >= 15 is 4.39 Å². The normalized spacial score (nSPS) is 21.4. The third-order valence-electron chi connectivity index (χ3n) is 9.27. The van der Waals surface area contributed by atoms with Crippen molar-refractivity contribution < 1.29 is 35.9 Å². The molecule has 14 heteroatoms. The molecule has 0 saturated carbocycles. The van der Waals surface area contributed by atoms with Gasteiger partial charge in [-0.2, -0.15) is 22.0 Å². The summed E-state index contributed by atoms with van der Waals surface area (Å²) >= 11 is 0. The van der Waals surface area contributed by atoms with Crippen LogP contribution in [0, 0.1) is 5.92 Å². The molecule has 2 atom stereocenters. The standard InChI is InChI=1S/C31H34F6N6O2/c1-18(2)25-14-40(3)7-8-41(25)12-19-9-22-23(24(10-19)31(35,36)37)13-42(28(22)44)21-6-4-5-20(11-21)30(15-45-16-30)26(32)27-39-38-17-43(27)29(33)34/h4-6,9-11,17-18,25-26,29H,7-8,12-16H2,1-3H3. The molecule has 3 aliphatic heterocycles. The first-order valence-electron chi connectivity index (χ1n) is 14.8. The highest BCUT2D eigenvalue weighted by atomic mass is 19.4. The lowest BCUT2D eigenvalue weighted by molar-refractivity contribution is -0.138. The molecule has 3 aromatic rings. The van der Waals surface area contributed by atoms with Crippen LogP contribution in [0.4, 0.5) is 32.0 Å². The number of piperazine rings is 1. The van der Waals surface area contributed by atoms with Crippen LogP contribution >= 0.6 is 0 Å². The maximum Gasteiger partial charge on any atom is 0.416 e. The van der Waals surface area contributed by atoms with Crippen molar-refractivity contribution in [3.8, 4) is 0 Å². The molecule has 8 nitrogen and oxygen atoms in total. The SMILES string of the molecule is CC(C)C1CN(C)CCN1Cc1cc2c(c(C(F)(F)F)c1)CN(c1cccc(C3(C(F)c4nncn4C(F)F)COC3)c1)C2=O. The third kappa shape index (κ3) is 5.61. The van der Waals surface area contributed by atoms with Crippen molar-refractivity contribution in [3.63, 3.8) is 0 Å². The summed E-state index contributed by atoms with van der Waals surface area (Å²) in [5.41, 5.74) is -1.36. The lowest BCUT2D eigenvalue weighted by Gasteiger charge is -2.44. The molecule has 3 aliphatic rings. The van der Waals surface area contributed by atoms with Crippen molar-refractivity contribution >= 4 is 11.6 Å². The Morgan fingerprint density at radius 2 is 1.84 bits per heavy atom. The van der Waals surface area contributed by atoms with E-state index in [1.807, 2.05) is 7.05 Å². The zero-order valence-corrected chi connectivity index (χ0v) is 25.1. The van der Waals surface area contributed by atoms with Crippen molar-refractivity contribution in [2.45, 2.75) is 57.3 Å². The fraction of sp³-hybridized carbons (Fsp3) is 0.516. The number of hydrogen-bond acceptors (Lipinski definition) is 6. The molecule has 0 spiro atoms. The predicted octanol–water partition coefficient (Wildman–Crippen LogP) is 5.60. The zero-order chi connectivity index (χ0) is 32.3. The van der Waals surface area contributed by atoms with Crippen molar-refractivity contribution in [2.24, 2.45) is 5.92 Å². The van der Waals surface area contributed by atoms with Gasteiger partial charge in [0.05, 0.1) is 30.7 Å². The Morgan fingerprint density at radius 1 is 1.09 bits per heavy atom. The maximum absolute atomic E-state index is 15.9. The molecule has 2 aromatic carbocycles. The number of aromatic nitrogens is 3.